The molecular formula is C15H17F2N3O. The Morgan fingerprint density at radius 3 is 2.81 bits per heavy atom. The van der Waals surface area contributed by atoms with E-state index < -0.39 is 6.43 Å². The molecular weight excluding hydrogens is 276 g/mol. The van der Waals surface area contributed by atoms with Gasteiger partial charge in [-0.25, -0.2) is 13.8 Å². The highest BCUT2D eigenvalue weighted by Gasteiger charge is 2.29. The number of alkyl halides is 2. The zero-order chi connectivity index (χ0) is 15.1. The minimum absolute atomic E-state index is 0.104. The Labute approximate surface area is 121 Å². The molecule has 0 aromatic carbocycles. The van der Waals surface area contributed by atoms with E-state index in [4.69, 9.17) is 0 Å². The van der Waals surface area contributed by atoms with Gasteiger partial charge < -0.3 is 5.32 Å². The van der Waals surface area contributed by atoms with Crippen molar-refractivity contribution in [3.63, 3.8) is 0 Å². The molecule has 1 amide bonds. The first kappa shape index (κ1) is 14.0. The molecule has 1 saturated carbocycles. The summed E-state index contributed by atoms with van der Waals surface area (Å²) in [5.74, 6) is 0.282. The normalized spacial score (nSPS) is 16.4. The molecule has 4 nitrogen and oxygen atoms in total. The van der Waals surface area contributed by atoms with Gasteiger partial charge in [0, 0.05) is 17.9 Å². The highest BCUT2D eigenvalue weighted by atomic mass is 19.3. The highest BCUT2D eigenvalue weighted by molar-refractivity contribution is 6.00. The lowest BCUT2D eigenvalue weighted by Crippen LogP contribution is -2.34. The van der Waals surface area contributed by atoms with Crippen molar-refractivity contribution in [1.82, 2.24) is 14.7 Å². The van der Waals surface area contributed by atoms with Crippen LogP contribution in [0.2, 0.25) is 0 Å². The SMILES string of the molecule is Cc1cc(C(F)F)n2ccc(C(=O)NC(C)C3CC3)c2n1. The Balaban J connectivity index is 1.97. The summed E-state index contributed by atoms with van der Waals surface area (Å²) in [4.78, 5) is 16.5. The van der Waals surface area contributed by atoms with Gasteiger partial charge in [0.25, 0.3) is 12.3 Å². The molecule has 21 heavy (non-hydrogen) atoms. The number of carbonyl (C=O) groups is 1. The molecule has 6 heteroatoms. The number of nitrogens with one attached hydrogen (secondary N) is 1. The van der Waals surface area contributed by atoms with E-state index in [0.29, 0.717) is 17.2 Å². The fourth-order valence-electron chi connectivity index (χ4n) is 2.57. The number of aryl methyl sites for hydroxylation is 1. The van der Waals surface area contributed by atoms with Gasteiger partial charge in [0.05, 0.1) is 11.3 Å². The van der Waals surface area contributed by atoms with Crippen LogP contribution in [0.15, 0.2) is 18.3 Å². The Morgan fingerprint density at radius 2 is 2.19 bits per heavy atom. The number of halogens is 2. The van der Waals surface area contributed by atoms with Crippen molar-refractivity contribution in [1.29, 1.82) is 0 Å². The van der Waals surface area contributed by atoms with Gasteiger partial charge in [0.15, 0.2) is 0 Å². The van der Waals surface area contributed by atoms with Crippen LogP contribution in [0.25, 0.3) is 5.65 Å². The maximum absolute atomic E-state index is 13.1. The zero-order valence-electron chi connectivity index (χ0n) is 11.9. The Kier molecular flexibility index (Phi) is 3.39. The third-order valence-electron chi connectivity index (χ3n) is 3.93. The third-order valence-corrected chi connectivity index (χ3v) is 3.93. The van der Waals surface area contributed by atoms with Gasteiger partial charge in [-0.05, 0) is 44.7 Å². The summed E-state index contributed by atoms with van der Waals surface area (Å²) in [6.07, 6.45) is 1.12. The predicted molar refractivity (Wildman–Crippen MR) is 74.5 cm³/mol. The third kappa shape index (κ3) is 2.62. The number of aromatic nitrogens is 2. The summed E-state index contributed by atoms with van der Waals surface area (Å²) in [5.41, 5.74) is 0.950. The smallest absolute Gasteiger partial charge is 0.278 e. The predicted octanol–water partition coefficient (Wildman–Crippen LogP) is 3.11. The van der Waals surface area contributed by atoms with Gasteiger partial charge in [-0.2, -0.15) is 0 Å². The Morgan fingerprint density at radius 1 is 1.48 bits per heavy atom. The van der Waals surface area contributed by atoms with E-state index in [0.717, 1.165) is 12.8 Å². The first-order valence-electron chi connectivity index (χ1n) is 7.05. The lowest BCUT2D eigenvalue weighted by molar-refractivity contribution is 0.0937. The molecule has 2 aromatic heterocycles. The van der Waals surface area contributed by atoms with Gasteiger partial charge in [0.2, 0.25) is 0 Å². The summed E-state index contributed by atoms with van der Waals surface area (Å²) in [5, 5.41) is 2.92. The lowest BCUT2D eigenvalue weighted by atomic mass is 10.2. The first-order valence-corrected chi connectivity index (χ1v) is 7.05. The lowest BCUT2D eigenvalue weighted by Gasteiger charge is -2.12. The standard InChI is InChI=1S/C15H17F2N3O/c1-8-7-12(13(16)17)20-6-5-11(14(20)18-8)15(21)19-9(2)10-3-4-10/h5-7,9-10,13H,3-4H2,1-2H3,(H,19,21). The Bertz CT molecular complexity index is 692. The van der Waals surface area contributed by atoms with E-state index in [-0.39, 0.29) is 23.3 Å². The molecule has 2 heterocycles. The quantitative estimate of drug-likeness (QED) is 0.941. The summed E-state index contributed by atoms with van der Waals surface area (Å²) < 4.78 is 27.4. The first-order chi connectivity index (χ1) is 9.97. The van der Waals surface area contributed by atoms with Gasteiger partial charge in [0.1, 0.15) is 5.65 Å². The van der Waals surface area contributed by atoms with Gasteiger partial charge in [-0.3, -0.25) is 9.20 Å². The molecule has 1 atom stereocenters. The molecule has 1 N–H and O–H groups in total. The van der Waals surface area contributed by atoms with Crippen molar-refractivity contribution < 1.29 is 13.6 Å². The van der Waals surface area contributed by atoms with Gasteiger partial charge >= 0.3 is 0 Å². The second-order valence-corrected chi connectivity index (χ2v) is 5.65. The van der Waals surface area contributed by atoms with Crippen molar-refractivity contribution in [2.24, 2.45) is 5.92 Å². The summed E-state index contributed by atoms with van der Waals surface area (Å²) in [6, 6.07) is 2.99. The second-order valence-electron chi connectivity index (χ2n) is 5.65. The van der Waals surface area contributed by atoms with E-state index in [1.165, 1.54) is 16.7 Å². The average Bonchev–Trinajstić information content (AvgIpc) is 3.18. The molecule has 0 saturated heterocycles. The van der Waals surface area contributed by atoms with Crippen molar-refractivity contribution in [2.75, 3.05) is 0 Å². The number of fused-ring (bicyclic) bond motifs is 1. The number of nitrogens with zero attached hydrogens (tertiary/aromatic N) is 2. The van der Waals surface area contributed by atoms with Crippen molar-refractivity contribution in [2.45, 2.75) is 39.2 Å². The van der Waals surface area contributed by atoms with E-state index in [1.54, 1.807) is 13.0 Å². The van der Waals surface area contributed by atoms with Crippen LogP contribution >= 0.6 is 0 Å². The zero-order valence-corrected chi connectivity index (χ0v) is 11.9. The van der Waals surface area contributed by atoms with Crippen LogP contribution in [-0.2, 0) is 0 Å². The fourth-order valence-corrected chi connectivity index (χ4v) is 2.57. The minimum Gasteiger partial charge on any atom is -0.349 e. The van der Waals surface area contributed by atoms with Crippen LogP contribution in [0.5, 0.6) is 0 Å². The Hall–Kier alpha value is -1.98. The van der Waals surface area contributed by atoms with Crippen LogP contribution in [0.4, 0.5) is 8.78 Å². The molecule has 0 radical (unpaired) electrons. The topological polar surface area (TPSA) is 46.4 Å². The fraction of sp³-hybridized carbons (Fsp3) is 0.467. The molecule has 112 valence electrons. The molecule has 0 bridgehead atoms. The largest absolute Gasteiger partial charge is 0.349 e. The van der Waals surface area contributed by atoms with Crippen LogP contribution in [-0.4, -0.2) is 21.3 Å². The maximum Gasteiger partial charge on any atom is 0.278 e. The number of hydrogen-bond donors (Lipinski definition) is 1. The van der Waals surface area contributed by atoms with Crippen molar-refractivity contribution in [3.05, 3.63) is 35.3 Å². The van der Waals surface area contributed by atoms with Crippen LogP contribution in [0, 0.1) is 12.8 Å². The van der Waals surface area contributed by atoms with Crippen molar-refractivity contribution >= 4 is 11.6 Å². The summed E-state index contributed by atoms with van der Waals surface area (Å²) in [7, 11) is 0. The molecule has 2 aromatic rings. The number of rotatable bonds is 4. The van der Waals surface area contributed by atoms with E-state index in [2.05, 4.69) is 10.3 Å². The molecule has 0 spiro atoms. The molecule has 1 unspecified atom stereocenters. The molecule has 1 aliphatic rings. The highest BCUT2D eigenvalue weighted by Crippen LogP contribution is 2.32. The molecule has 3 rings (SSSR count). The molecule has 1 aliphatic carbocycles. The van der Waals surface area contributed by atoms with Gasteiger partial charge in [-0.15, -0.1) is 0 Å². The average molecular weight is 293 g/mol. The molecule has 1 fully saturated rings. The maximum atomic E-state index is 13.1. The molecule has 0 aliphatic heterocycles. The number of amides is 1. The summed E-state index contributed by atoms with van der Waals surface area (Å²) >= 11 is 0. The van der Waals surface area contributed by atoms with Crippen LogP contribution in [0.1, 0.15) is 47.9 Å². The minimum atomic E-state index is -2.61. The van der Waals surface area contributed by atoms with Gasteiger partial charge in [-0.1, -0.05) is 0 Å². The van der Waals surface area contributed by atoms with Crippen LogP contribution in [0.3, 0.4) is 0 Å². The summed E-state index contributed by atoms with van der Waals surface area (Å²) in [6.45, 7) is 3.62. The van der Waals surface area contributed by atoms with E-state index in [1.807, 2.05) is 6.92 Å². The second kappa shape index (κ2) is 5.09. The monoisotopic (exact) mass is 293 g/mol. The number of hydrogen-bond acceptors (Lipinski definition) is 2. The van der Waals surface area contributed by atoms with E-state index >= 15 is 0 Å². The van der Waals surface area contributed by atoms with E-state index in [9.17, 15) is 13.6 Å². The van der Waals surface area contributed by atoms with Crippen molar-refractivity contribution in [3.8, 4) is 0 Å². The van der Waals surface area contributed by atoms with Crippen LogP contribution < -0.4 is 5.32 Å². The number of carbonyl (C=O) groups excluding carboxylic acids is 1.